The Labute approximate surface area is 124 Å². The van der Waals surface area contributed by atoms with E-state index in [1.54, 1.807) is 0 Å². The predicted octanol–water partition coefficient (Wildman–Crippen LogP) is 2.97. The average molecular weight is 283 g/mol. The van der Waals surface area contributed by atoms with Crippen LogP contribution in [0.1, 0.15) is 58.8 Å². The van der Waals surface area contributed by atoms with Crippen LogP contribution in [0.5, 0.6) is 0 Å². The van der Waals surface area contributed by atoms with Crippen molar-refractivity contribution in [3.63, 3.8) is 0 Å². The molecule has 0 amide bonds. The van der Waals surface area contributed by atoms with Gasteiger partial charge >= 0.3 is 0 Å². The van der Waals surface area contributed by atoms with Crippen LogP contribution in [0, 0.1) is 17.8 Å². The lowest BCUT2D eigenvalue weighted by molar-refractivity contribution is -0.0279. The highest BCUT2D eigenvalue weighted by Crippen LogP contribution is 2.29. The Bertz CT molecular complexity index is 264. The second-order valence-corrected chi connectivity index (χ2v) is 7.31. The summed E-state index contributed by atoms with van der Waals surface area (Å²) in [6, 6.07) is 0. The van der Waals surface area contributed by atoms with Crippen LogP contribution in [0.3, 0.4) is 0 Å². The fraction of sp³-hybridized carbons (Fsp3) is 1.00. The van der Waals surface area contributed by atoms with E-state index in [0.29, 0.717) is 19.3 Å². The van der Waals surface area contributed by atoms with Crippen molar-refractivity contribution in [2.75, 3.05) is 19.7 Å². The second kappa shape index (κ2) is 8.35. The van der Waals surface area contributed by atoms with Crippen LogP contribution in [-0.4, -0.2) is 37.0 Å². The van der Waals surface area contributed by atoms with E-state index in [2.05, 4.69) is 19.2 Å². The fourth-order valence-corrected chi connectivity index (χ4v) is 3.67. The first-order valence-corrected chi connectivity index (χ1v) is 8.64. The number of hydrogen-bond acceptors (Lipinski definition) is 3. The maximum Gasteiger partial charge on any atom is 0.0897 e. The summed E-state index contributed by atoms with van der Waals surface area (Å²) in [4.78, 5) is 0. The number of hydrogen-bond donors (Lipinski definition) is 2. The van der Waals surface area contributed by atoms with Gasteiger partial charge in [-0.15, -0.1) is 0 Å². The number of ether oxygens (including phenoxy) is 1. The molecule has 20 heavy (non-hydrogen) atoms. The molecule has 3 unspecified atom stereocenters. The first kappa shape index (κ1) is 16.3. The van der Waals surface area contributed by atoms with E-state index in [4.69, 9.17) is 4.74 Å². The molecule has 2 fully saturated rings. The van der Waals surface area contributed by atoms with Gasteiger partial charge in [-0.05, 0) is 62.8 Å². The molecule has 0 radical (unpaired) electrons. The van der Waals surface area contributed by atoms with E-state index in [-0.39, 0.29) is 6.10 Å². The third-order valence-corrected chi connectivity index (χ3v) is 5.10. The largest absolute Gasteiger partial charge is 0.389 e. The van der Waals surface area contributed by atoms with Crippen LogP contribution in [0.4, 0.5) is 0 Å². The van der Waals surface area contributed by atoms with Crippen LogP contribution in [-0.2, 0) is 4.74 Å². The molecule has 0 aromatic rings. The van der Waals surface area contributed by atoms with Gasteiger partial charge in [-0.25, -0.2) is 0 Å². The fourth-order valence-electron chi connectivity index (χ4n) is 3.67. The van der Waals surface area contributed by atoms with E-state index in [0.717, 1.165) is 24.3 Å². The number of rotatable bonds is 7. The van der Waals surface area contributed by atoms with Gasteiger partial charge in [-0.3, -0.25) is 0 Å². The van der Waals surface area contributed by atoms with Gasteiger partial charge in [0.05, 0.1) is 18.8 Å². The molecule has 3 nitrogen and oxygen atoms in total. The summed E-state index contributed by atoms with van der Waals surface area (Å²) < 4.78 is 5.84. The van der Waals surface area contributed by atoms with Gasteiger partial charge in [-0.2, -0.15) is 0 Å². The van der Waals surface area contributed by atoms with Gasteiger partial charge in [0.15, 0.2) is 0 Å². The minimum atomic E-state index is -0.354. The van der Waals surface area contributed by atoms with E-state index < -0.39 is 0 Å². The van der Waals surface area contributed by atoms with E-state index >= 15 is 0 Å². The maximum atomic E-state index is 9.97. The monoisotopic (exact) mass is 283 g/mol. The quantitative estimate of drug-likeness (QED) is 0.755. The minimum Gasteiger partial charge on any atom is -0.389 e. The van der Waals surface area contributed by atoms with Crippen molar-refractivity contribution in [2.24, 2.45) is 17.8 Å². The van der Waals surface area contributed by atoms with E-state index in [1.807, 2.05) is 0 Å². The predicted molar refractivity (Wildman–Crippen MR) is 82.8 cm³/mol. The lowest BCUT2D eigenvalue weighted by Crippen LogP contribution is -2.34. The third-order valence-electron chi connectivity index (χ3n) is 5.10. The van der Waals surface area contributed by atoms with Crippen molar-refractivity contribution in [2.45, 2.75) is 71.0 Å². The maximum absolute atomic E-state index is 9.97. The average Bonchev–Trinajstić information content (AvgIpc) is 2.84. The highest BCUT2D eigenvalue weighted by Gasteiger charge is 2.22. The number of aliphatic hydroxyl groups is 1. The Balaban J connectivity index is 1.49. The zero-order chi connectivity index (χ0) is 14.4. The highest BCUT2D eigenvalue weighted by molar-refractivity contribution is 4.75. The van der Waals surface area contributed by atoms with Crippen molar-refractivity contribution in [3.8, 4) is 0 Å². The van der Waals surface area contributed by atoms with Crippen LogP contribution in [0.15, 0.2) is 0 Å². The van der Waals surface area contributed by atoms with Gasteiger partial charge in [0.25, 0.3) is 0 Å². The van der Waals surface area contributed by atoms with Crippen LogP contribution in [0.25, 0.3) is 0 Å². The molecule has 0 bridgehead atoms. The second-order valence-electron chi connectivity index (χ2n) is 7.31. The summed E-state index contributed by atoms with van der Waals surface area (Å²) in [5, 5.41) is 13.4. The lowest BCUT2D eigenvalue weighted by Gasteiger charge is -2.27. The summed E-state index contributed by atoms with van der Waals surface area (Å²) >= 11 is 0. The molecule has 0 aromatic heterocycles. The molecule has 2 aliphatic carbocycles. The summed E-state index contributed by atoms with van der Waals surface area (Å²) in [6.07, 6.45) is 8.99. The van der Waals surface area contributed by atoms with Crippen LogP contribution >= 0.6 is 0 Å². The highest BCUT2D eigenvalue weighted by atomic mass is 16.5. The molecule has 0 aromatic carbocycles. The summed E-state index contributed by atoms with van der Waals surface area (Å²) in [7, 11) is 0. The molecule has 118 valence electrons. The Morgan fingerprint density at radius 3 is 2.40 bits per heavy atom. The molecule has 0 saturated heterocycles. The molecule has 2 saturated carbocycles. The van der Waals surface area contributed by atoms with Crippen molar-refractivity contribution < 1.29 is 9.84 Å². The molecule has 0 spiro atoms. The van der Waals surface area contributed by atoms with Crippen LogP contribution < -0.4 is 5.32 Å². The van der Waals surface area contributed by atoms with Gasteiger partial charge in [0, 0.05) is 6.54 Å². The molecule has 2 aliphatic rings. The van der Waals surface area contributed by atoms with Gasteiger partial charge in [0.2, 0.25) is 0 Å². The Morgan fingerprint density at radius 1 is 1.05 bits per heavy atom. The molecule has 2 N–H and O–H groups in total. The zero-order valence-electron chi connectivity index (χ0n) is 13.3. The molecule has 2 rings (SSSR count). The minimum absolute atomic E-state index is 0.354. The van der Waals surface area contributed by atoms with Crippen molar-refractivity contribution in [3.05, 3.63) is 0 Å². The Kier molecular flexibility index (Phi) is 6.79. The Morgan fingerprint density at radius 2 is 1.75 bits per heavy atom. The van der Waals surface area contributed by atoms with E-state index in [9.17, 15) is 5.11 Å². The normalized spacial score (nSPS) is 36.1. The van der Waals surface area contributed by atoms with Crippen LogP contribution in [0.2, 0.25) is 0 Å². The topological polar surface area (TPSA) is 41.5 Å². The SMILES string of the molecule is CC1CCC(OCC(O)CNCC2CCC(C)C2)CC1. The Hall–Kier alpha value is -0.120. The lowest BCUT2D eigenvalue weighted by atomic mass is 9.89. The molecular formula is C17H33NO2. The standard InChI is InChI=1S/C17H33NO2/c1-13-4-7-17(8-5-13)20-12-16(19)11-18-10-15-6-3-14(2)9-15/h13-19H,3-12H2,1-2H3. The van der Waals surface area contributed by atoms with Gasteiger partial charge in [0.1, 0.15) is 0 Å². The third kappa shape index (κ3) is 5.71. The smallest absolute Gasteiger partial charge is 0.0897 e. The first-order valence-electron chi connectivity index (χ1n) is 8.64. The van der Waals surface area contributed by atoms with Crippen molar-refractivity contribution in [1.82, 2.24) is 5.32 Å². The van der Waals surface area contributed by atoms with Crippen molar-refractivity contribution >= 4 is 0 Å². The molecule has 0 heterocycles. The summed E-state index contributed by atoms with van der Waals surface area (Å²) in [6.45, 7) is 6.88. The molecule has 3 heteroatoms. The van der Waals surface area contributed by atoms with Crippen molar-refractivity contribution in [1.29, 1.82) is 0 Å². The van der Waals surface area contributed by atoms with Gasteiger partial charge < -0.3 is 15.2 Å². The summed E-state index contributed by atoms with van der Waals surface area (Å²) in [5.74, 6) is 2.57. The number of aliphatic hydroxyl groups excluding tert-OH is 1. The molecule has 0 aliphatic heterocycles. The van der Waals surface area contributed by atoms with E-state index in [1.165, 1.54) is 44.9 Å². The first-order chi connectivity index (χ1) is 9.63. The van der Waals surface area contributed by atoms with Gasteiger partial charge in [-0.1, -0.05) is 20.3 Å². The zero-order valence-corrected chi connectivity index (χ0v) is 13.3. The summed E-state index contributed by atoms with van der Waals surface area (Å²) in [5.41, 5.74) is 0. The molecule has 3 atom stereocenters. The number of nitrogens with one attached hydrogen (secondary N) is 1. The molecular weight excluding hydrogens is 250 g/mol.